The standard InChI is InChI=1S/C28H28N2O3/c1-20(2)33-24-16-14-22(15-17-24)25-26(29(3)23-12-8-5-9-13-23)28(32)30(27(25)31)19-18-21-10-6-4-7-11-21/h4-17,20H,18-19H2,1-3H3. The summed E-state index contributed by atoms with van der Waals surface area (Å²) >= 11 is 0. The Hall–Kier alpha value is -3.86. The molecule has 0 atom stereocenters. The summed E-state index contributed by atoms with van der Waals surface area (Å²) in [5.41, 5.74) is 3.42. The van der Waals surface area contributed by atoms with Gasteiger partial charge in [0, 0.05) is 19.3 Å². The predicted octanol–water partition coefficient (Wildman–Crippen LogP) is 4.93. The van der Waals surface area contributed by atoms with Crippen molar-refractivity contribution in [2.75, 3.05) is 18.5 Å². The van der Waals surface area contributed by atoms with Gasteiger partial charge in [0.2, 0.25) is 0 Å². The number of para-hydroxylation sites is 1. The number of likely N-dealkylation sites (N-methyl/N-ethyl adjacent to an activating group) is 1. The number of ether oxygens (including phenoxy) is 1. The fourth-order valence-electron chi connectivity index (χ4n) is 3.98. The van der Waals surface area contributed by atoms with Crippen molar-refractivity contribution in [2.45, 2.75) is 26.4 Å². The molecule has 1 aliphatic rings. The Morgan fingerprint density at radius 2 is 1.42 bits per heavy atom. The van der Waals surface area contributed by atoms with E-state index in [9.17, 15) is 9.59 Å². The van der Waals surface area contributed by atoms with E-state index in [1.165, 1.54) is 4.90 Å². The number of amides is 2. The van der Waals surface area contributed by atoms with Crippen LogP contribution in [0.4, 0.5) is 5.69 Å². The van der Waals surface area contributed by atoms with Gasteiger partial charge < -0.3 is 9.64 Å². The van der Waals surface area contributed by atoms with E-state index in [1.54, 1.807) is 4.90 Å². The molecule has 5 heteroatoms. The molecule has 0 bridgehead atoms. The number of benzene rings is 3. The van der Waals surface area contributed by atoms with E-state index < -0.39 is 0 Å². The van der Waals surface area contributed by atoms with Crippen LogP contribution in [0.25, 0.3) is 5.57 Å². The zero-order valence-corrected chi connectivity index (χ0v) is 19.2. The first-order valence-electron chi connectivity index (χ1n) is 11.2. The van der Waals surface area contributed by atoms with Gasteiger partial charge in [-0.1, -0.05) is 60.7 Å². The summed E-state index contributed by atoms with van der Waals surface area (Å²) in [6, 6.07) is 26.9. The first-order chi connectivity index (χ1) is 16.0. The highest BCUT2D eigenvalue weighted by Gasteiger charge is 2.40. The third-order valence-corrected chi connectivity index (χ3v) is 5.60. The summed E-state index contributed by atoms with van der Waals surface area (Å²) < 4.78 is 5.74. The number of rotatable bonds is 8. The highest BCUT2D eigenvalue weighted by atomic mass is 16.5. The Balaban J connectivity index is 1.69. The van der Waals surface area contributed by atoms with Crippen LogP contribution in [0.15, 0.2) is 90.6 Å². The summed E-state index contributed by atoms with van der Waals surface area (Å²) in [6.07, 6.45) is 0.660. The number of hydrogen-bond donors (Lipinski definition) is 0. The maximum absolute atomic E-state index is 13.5. The van der Waals surface area contributed by atoms with Gasteiger partial charge >= 0.3 is 0 Å². The van der Waals surface area contributed by atoms with E-state index in [1.807, 2.05) is 106 Å². The molecular formula is C28H28N2O3. The maximum Gasteiger partial charge on any atom is 0.278 e. The van der Waals surface area contributed by atoms with Gasteiger partial charge in [-0.05, 0) is 55.7 Å². The Morgan fingerprint density at radius 1 is 0.818 bits per heavy atom. The van der Waals surface area contributed by atoms with Gasteiger partial charge in [-0.3, -0.25) is 14.5 Å². The molecule has 168 valence electrons. The van der Waals surface area contributed by atoms with Crippen LogP contribution in [0.2, 0.25) is 0 Å². The second-order valence-corrected chi connectivity index (χ2v) is 8.31. The lowest BCUT2D eigenvalue weighted by molar-refractivity contribution is -0.136. The molecule has 0 saturated carbocycles. The lowest BCUT2D eigenvalue weighted by Gasteiger charge is -2.21. The molecule has 3 aromatic rings. The van der Waals surface area contributed by atoms with Gasteiger partial charge in [0.15, 0.2) is 0 Å². The highest BCUT2D eigenvalue weighted by molar-refractivity contribution is 6.36. The van der Waals surface area contributed by atoms with E-state index in [2.05, 4.69) is 0 Å². The van der Waals surface area contributed by atoms with Crippen molar-refractivity contribution in [2.24, 2.45) is 0 Å². The third kappa shape index (κ3) is 4.82. The molecule has 0 radical (unpaired) electrons. The van der Waals surface area contributed by atoms with Crippen LogP contribution in [0.1, 0.15) is 25.0 Å². The van der Waals surface area contributed by atoms with Crippen LogP contribution >= 0.6 is 0 Å². The summed E-state index contributed by atoms with van der Waals surface area (Å²) in [5.74, 6) is 0.177. The molecular weight excluding hydrogens is 412 g/mol. The van der Waals surface area contributed by atoms with Gasteiger partial charge in [-0.25, -0.2) is 0 Å². The van der Waals surface area contributed by atoms with Crippen LogP contribution in [-0.4, -0.2) is 36.4 Å². The zero-order valence-electron chi connectivity index (χ0n) is 19.2. The van der Waals surface area contributed by atoms with Crippen molar-refractivity contribution in [3.05, 3.63) is 102 Å². The first kappa shape index (κ1) is 22.3. The van der Waals surface area contributed by atoms with Gasteiger partial charge in [0.1, 0.15) is 11.4 Å². The van der Waals surface area contributed by atoms with Gasteiger partial charge in [0.25, 0.3) is 11.8 Å². The van der Waals surface area contributed by atoms with E-state index in [4.69, 9.17) is 4.74 Å². The molecule has 5 nitrogen and oxygen atoms in total. The van der Waals surface area contributed by atoms with Crippen molar-refractivity contribution in [3.63, 3.8) is 0 Å². The molecule has 1 aliphatic heterocycles. The van der Waals surface area contributed by atoms with Crippen molar-refractivity contribution in [1.29, 1.82) is 0 Å². The minimum Gasteiger partial charge on any atom is -0.491 e. The van der Waals surface area contributed by atoms with Gasteiger partial charge in [0.05, 0.1) is 11.7 Å². The summed E-state index contributed by atoms with van der Waals surface area (Å²) in [4.78, 5) is 30.2. The smallest absolute Gasteiger partial charge is 0.278 e. The van der Waals surface area contributed by atoms with E-state index in [0.29, 0.717) is 29.8 Å². The fraction of sp³-hybridized carbons (Fsp3) is 0.214. The third-order valence-electron chi connectivity index (χ3n) is 5.60. The molecule has 0 aliphatic carbocycles. The average Bonchev–Trinajstić information content (AvgIpc) is 3.08. The topological polar surface area (TPSA) is 49.9 Å². The quantitative estimate of drug-likeness (QED) is 0.466. The van der Waals surface area contributed by atoms with E-state index in [0.717, 1.165) is 17.0 Å². The van der Waals surface area contributed by atoms with Crippen molar-refractivity contribution < 1.29 is 14.3 Å². The van der Waals surface area contributed by atoms with E-state index >= 15 is 0 Å². The molecule has 1 heterocycles. The fourth-order valence-corrected chi connectivity index (χ4v) is 3.98. The molecule has 3 aromatic carbocycles. The number of carbonyl (C=O) groups excluding carboxylic acids is 2. The molecule has 4 rings (SSSR count). The molecule has 0 unspecified atom stereocenters. The van der Waals surface area contributed by atoms with E-state index in [-0.39, 0.29) is 17.9 Å². The van der Waals surface area contributed by atoms with Crippen molar-refractivity contribution in [3.8, 4) is 5.75 Å². The molecule has 0 spiro atoms. The SMILES string of the molecule is CC(C)Oc1ccc(C2=C(N(C)c3ccccc3)C(=O)N(CCc3ccccc3)C2=O)cc1. The number of imide groups is 1. The average molecular weight is 441 g/mol. The number of hydrogen-bond acceptors (Lipinski definition) is 4. The lowest BCUT2D eigenvalue weighted by atomic mass is 10.0. The minimum atomic E-state index is -0.278. The predicted molar refractivity (Wildman–Crippen MR) is 131 cm³/mol. The Kier molecular flexibility index (Phi) is 6.59. The number of carbonyl (C=O) groups is 2. The monoisotopic (exact) mass is 440 g/mol. The van der Waals surface area contributed by atoms with Crippen LogP contribution in [-0.2, 0) is 16.0 Å². The summed E-state index contributed by atoms with van der Waals surface area (Å²) in [6.45, 7) is 4.26. The van der Waals surface area contributed by atoms with Gasteiger partial charge in [-0.15, -0.1) is 0 Å². The molecule has 0 saturated heterocycles. The molecule has 33 heavy (non-hydrogen) atoms. The Labute approximate surface area is 194 Å². The zero-order chi connectivity index (χ0) is 23.4. The normalized spacial score (nSPS) is 13.8. The Bertz CT molecular complexity index is 1150. The molecule has 2 amide bonds. The number of anilines is 1. The van der Waals surface area contributed by atoms with Crippen molar-refractivity contribution >= 4 is 23.1 Å². The first-order valence-corrected chi connectivity index (χ1v) is 11.2. The summed E-state index contributed by atoms with van der Waals surface area (Å²) in [7, 11) is 1.83. The molecule has 0 fully saturated rings. The lowest BCUT2D eigenvalue weighted by Crippen LogP contribution is -2.35. The second-order valence-electron chi connectivity index (χ2n) is 8.31. The van der Waals surface area contributed by atoms with Crippen LogP contribution in [0, 0.1) is 0 Å². The maximum atomic E-state index is 13.5. The van der Waals surface area contributed by atoms with Crippen molar-refractivity contribution in [1.82, 2.24) is 4.90 Å². The molecule has 0 N–H and O–H groups in total. The molecule has 0 aromatic heterocycles. The second kappa shape index (κ2) is 9.74. The van der Waals surface area contributed by atoms with Crippen LogP contribution in [0.5, 0.6) is 5.75 Å². The largest absolute Gasteiger partial charge is 0.491 e. The number of nitrogens with zero attached hydrogens (tertiary/aromatic N) is 2. The van der Waals surface area contributed by atoms with Gasteiger partial charge in [-0.2, -0.15) is 0 Å². The van der Waals surface area contributed by atoms with Crippen LogP contribution in [0.3, 0.4) is 0 Å². The van der Waals surface area contributed by atoms with Crippen LogP contribution < -0.4 is 9.64 Å². The highest BCUT2D eigenvalue weighted by Crippen LogP contribution is 2.34. The minimum absolute atomic E-state index is 0.0537. The summed E-state index contributed by atoms with van der Waals surface area (Å²) in [5, 5.41) is 0. The Morgan fingerprint density at radius 3 is 2.03 bits per heavy atom.